The number of anilines is 1. The molecule has 3 rings (SSSR count). The molecule has 1 N–H and O–H groups in total. The van der Waals surface area contributed by atoms with Gasteiger partial charge in [-0.05, 0) is 31.7 Å². The molecule has 0 saturated carbocycles. The predicted molar refractivity (Wildman–Crippen MR) is 94.6 cm³/mol. The first-order valence-electron chi connectivity index (χ1n) is 8.45. The maximum atomic E-state index is 12.2. The van der Waals surface area contributed by atoms with Crippen LogP contribution in [0.2, 0.25) is 0 Å². The summed E-state index contributed by atoms with van der Waals surface area (Å²) in [7, 11) is 0. The van der Waals surface area contributed by atoms with Gasteiger partial charge in [0.2, 0.25) is 5.13 Å². The second kappa shape index (κ2) is 7.34. The standard InChI is InChI=1S/C17H24N4O2S/c1-11(2)10-15-19-17(24-20-15)21-7-4-13(5-8-21)18-16(22)14-6-9-23-12(14)3/h6,9,11,13H,4-5,7-8,10H2,1-3H3,(H,18,22). The Morgan fingerprint density at radius 3 is 2.83 bits per heavy atom. The lowest BCUT2D eigenvalue weighted by molar-refractivity contribution is 0.0929. The molecule has 2 aromatic rings. The molecule has 0 spiro atoms. The SMILES string of the molecule is Cc1occc1C(=O)NC1CCN(c2nc(CC(C)C)ns2)CC1. The second-order valence-electron chi connectivity index (χ2n) is 6.72. The number of amides is 1. The van der Waals surface area contributed by atoms with Crippen LogP contribution in [0.25, 0.3) is 0 Å². The first-order valence-corrected chi connectivity index (χ1v) is 9.22. The zero-order valence-corrected chi connectivity index (χ0v) is 15.2. The zero-order valence-electron chi connectivity index (χ0n) is 14.4. The molecular weight excluding hydrogens is 324 g/mol. The first-order chi connectivity index (χ1) is 11.5. The maximum Gasteiger partial charge on any atom is 0.255 e. The fraction of sp³-hybridized carbons (Fsp3) is 0.588. The van der Waals surface area contributed by atoms with Crippen molar-refractivity contribution in [2.75, 3.05) is 18.0 Å². The van der Waals surface area contributed by atoms with Crippen LogP contribution in [0.4, 0.5) is 5.13 Å². The molecule has 1 amide bonds. The third kappa shape index (κ3) is 3.95. The summed E-state index contributed by atoms with van der Waals surface area (Å²) in [6.45, 7) is 7.95. The Bertz CT molecular complexity index is 686. The van der Waals surface area contributed by atoms with Gasteiger partial charge in [0, 0.05) is 37.1 Å². The van der Waals surface area contributed by atoms with E-state index in [4.69, 9.17) is 4.42 Å². The Kier molecular flexibility index (Phi) is 5.18. The third-order valence-corrected chi connectivity index (χ3v) is 5.07. The average molecular weight is 348 g/mol. The number of rotatable bonds is 5. The topological polar surface area (TPSA) is 71.3 Å². The Morgan fingerprint density at radius 1 is 1.46 bits per heavy atom. The lowest BCUT2D eigenvalue weighted by Crippen LogP contribution is -2.44. The molecule has 1 fully saturated rings. The summed E-state index contributed by atoms with van der Waals surface area (Å²) >= 11 is 1.48. The molecule has 24 heavy (non-hydrogen) atoms. The van der Waals surface area contributed by atoms with Crippen LogP contribution in [0.3, 0.4) is 0 Å². The number of furan rings is 1. The largest absolute Gasteiger partial charge is 0.469 e. The van der Waals surface area contributed by atoms with E-state index in [0.717, 1.165) is 43.3 Å². The summed E-state index contributed by atoms with van der Waals surface area (Å²) in [5, 5.41) is 4.11. The monoisotopic (exact) mass is 348 g/mol. The van der Waals surface area contributed by atoms with Crippen molar-refractivity contribution in [1.82, 2.24) is 14.7 Å². The molecule has 3 heterocycles. The van der Waals surface area contributed by atoms with E-state index < -0.39 is 0 Å². The highest BCUT2D eigenvalue weighted by Gasteiger charge is 2.24. The van der Waals surface area contributed by atoms with Crippen molar-refractivity contribution < 1.29 is 9.21 Å². The number of hydrogen-bond acceptors (Lipinski definition) is 6. The Morgan fingerprint density at radius 2 is 2.21 bits per heavy atom. The van der Waals surface area contributed by atoms with Crippen LogP contribution in [0.1, 0.15) is 48.6 Å². The number of hydrogen-bond donors (Lipinski definition) is 1. The van der Waals surface area contributed by atoms with Gasteiger partial charge in [0.05, 0.1) is 11.8 Å². The molecule has 0 atom stereocenters. The Hall–Kier alpha value is -1.89. The first kappa shape index (κ1) is 17.0. The van der Waals surface area contributed by atoms with Crippen LogP contribution < -0.4 is 10.2 Å². The third-order valence-electron chi connectivity index (χ3n) is 4.25. The van der Waals surface area contributed by atoms with Crippen LogP contribution in [0, 0.1) is 12.8 Å². The molecule has 1 saturated heterocycles. The van der Waals surface area contributed by atoms with Crippen molar-refractivity contribution >= 4 is 22.6 Å². The molecule has 130 valence electrons. The lowest BCUT2D eigenvalue weighted by Gasteiger charge is -2.31. The Labute approximate surface area is 146 Å². The molecule has 0 radical (unpaired) electrons. The molecular formula is C17H24N4O2S. The number of nitrogens with one attached hydrogen (secondary N) is 1. The molecule has 2 aromatic heterocycles. The summed E-state index contributed by atoms with van der Waals surface area (Å²) in [6.07, 6.45) is 4.31. The molecule has 0 aliphatic carbocycles. The minimum absolute atomic E-state index is 0.0464. The van der Waals surface area contributed by atoms with Gasteiger partial charge in [0.15, 0.2) is 0 Å². The van der Waals surface area contributed by atoms with Crippen molar-refractivity contribution in [2.45, 2.75) is 46.1 Å². The molecule has 6 nitrogen and oxygen atoms in total. The van der Waals surface area contributed by atoms with Crippen LogP contribution in [-0.2, 0) is 6.42 Å². The van der Waals surface area contributed by atoms with Crippen LogP contribution >= 0.6 is 11.5 Å². The van der Waals surface area contributed by atoms with Gasteiger partial charge in [-0.15, -0.1) is 0 Å². The van der Waals surface area contributed by atoms with Gasteiger partial charge in [-0.25, -0.2) is 4.98 Å². The smallest absolute Gasteiger partial charge is 0.255 e. The van der Waals surface area contributed by atoms with Crippen molar-refractivity contribution in [3.63, 3.8) is 0 Å². The van der Waals surface area contributed by atoms with Gasteiger partial charge >= 0.3 is 0 Å². The van der Waals surface area contributed by atoms with Crippen molar-refractivity contribution in [1.29, 1.82) is 0 Å². The Balaban J connectivity index is 1.51. The van der Waals surface area contributed by atoms with E-state index in [1.807, 2.05) is 6.92 Å². The van der Waals surface area contributed by atoms with Gasteiger partial charge in [-0.3, -0.25) is 4.79 Å². The molecule has 0 unspecified atom stereocenters. The number of carbonyl (C=O) groups is 1. The van der Waals surface area contributed by atoms with E-state index in [0.29, 0.717) is 17.2 Å². The van der Waals surface area contributed by atoms with Crippen LogP contribution in [0.15, 0.2) is 16.7 Å². The molecule has 0 bridgehead atoms. The highest BCUT2D eigenvalue weighted by molar-refractivity contribution is 7.09. The summed E-state index contributed by atoms with van der Waals surface area (Å²) < 4.78 is 9.65. The van der Waals surface area contributed by atoms with E-state index in [9.17, 15) is 4.79 Å². The zero-order chi connectivity index (χ0) is 17.1. The summed E-state index contributed by atoms with van der Waals surface area (Å²) in [5.74, 6) is 2.13. The fourth-order valence-electron chi connectivity index (χ4n) is 2.92. The second-order valence-corrected chi connectivity index (χ2v) is 7.45. The van der Waals surface area contributed by atoms with E-state index in [-0.39, 0.29) is 11.9 Å². The number of aryl methyl sites for hydroxylation is 1. The number of aromatic nitrogens is 2. The van der Waals surface area contributed by atoms with Crippen LogP contribution in [0.5, 0.6) is 0 Å². The van der Waals surface area contributed by atoms with Crippen molar-refractivity contribution in [2.24, 2.45) is 5.92 Å². The van der Waals surface area contributed by atoms with Crippen molar-refractivity contribution in [3.05, 3.63) is 29.5 Å². The van der Waals surface area contributed by atoms with Gasteiger partial charge in [0.1, 0.15) is 11.6 Å². The number of carbonyl (C=O) groups excluding carboxylic acids is 1. The number of piperidine rings is 1. The molecule has 0 aromatic carbocycles. The summed E-state index contributed by atoms with van der Waals surface area (Å²) in [6, 6.07) is 1.92. The van der Waals surface area contributed by atoms with Gasteiger partial charge < -0.3 is 14.6 Å². The van der Waals surface area contributed by atoms with Crippen molar-refractivity contribution in [3.8, 4) is 0 Å². The normalized spacial score (nSPS) is 15.9. The minimum atomic E-state index is -0.0464. The highest BCUT2D eigenvalue weighted by atomic mass is 32.1. The fourth-order valence-corrected chi connectivity index (χ4v) is 3.67. The molecule has 1 aliphatic rings. The van der Waals surface area contributed by atoms with E-state index in [1.54, 1.807) is 12.3 Å². The number of nitrogens with zero attached hydrogens (tertiary/aromatic N) is 3. The predicted octanol–water partition coefficient (Wildman–Crippen LogP) is 3.04. The molecule has 7 heteroatoms. The van der Waals surface area contributed by atoms with E-state index in [2.05, 4.69) is 33.4 Å². The highest BCUT2D eigenvalue weighted by Crippen LogP contribution is 2.23. The van der Waals surface area contributed by atoms with Gasteiger partial charge in [-0.1, -0.05) is 13.8 Å². The van der Waals surface area contributed by atoms with Gasteiger partial charge in [-0.2, -0.15) is 4.37 Å². The summed E-state index contributed by atoms with van der Waals surface area (Å²) in [4.78, 5) is 19.2. The van der Waals surface area contributed by atoms with Crippen LogP contribution in [-0.4, -0.2) is 34.4 Å². The summed E-state index contributed by atoms with van der Waals surface area (Å²) in [5.41, 5.74) is 0.625. The van der Waals surface area contributed by atoms with Gasteiger partial charge in [0.25, 0.3) is 5.91 Å². The quantitative estimate of drug-likeness (QED) is 0.899. The molecule has 1 aliphatic heterocycles. The minimum Gasteiger partial charge on any atom is -0.469 e. The average Bonchev–Trinajstić information content (AvgIpc) is 3.16. The van der Waals surface area contributed by atoms with E-state index >= 15 is 0 Å². The van der Waals surface area contributed by atoms with E-state index in [1.165, 1.54) is 11.5 Å². The maximum absolute atomic E-state index is 12.2. The lowest BCUT2D eigenvalue weighted by atomic mass is 10.0.